The van der Waals surface area contributed by atoms with Crippen LogP contribution < -0.4 is 4.90 Å². The van der Waals surface area contributed by atoms with Gasteiger partial charge in [0.05, 0.1) is 12.2 Å². The predicted molar refractivity (Wildman–Crippen MR) is 106 cm³/mol. The van der Waals surface area contributed by atoms with E-state index >= 15 is 0 Å². The lowest BCUT2D eigenvalue weighted by Crippen LogP contribution is -2.41. The van der Waals surface area contributed by atoms with Crippen LogP contribution in [-0.4, -0.2) is 45.0 Å². The number of rotatable bonds is 5. The van der Waals surface area contributed by atoms with Gasteiger partial charge >= 0.3 is 0 Å². The van der Waals surface area contributed by atoms with Crippen molar-refractivity contribution < 1.29 is 4.79 Å². The van der Waals surface area contributed by atoms with Crippen LogP contribution in [0.5, 0.6) is 0 Å². The fourth-order valence-corrected chi connectivity index (χ4v) is 4.35. The summed E-state index contributed by atoms with van der Waals surface area (Å²) in [6.45, 7) is 7.60. The van der Waals surface area contributed by atoms with E-state index in [0.717, 1.165) is 56.2 Å². The van der Waals surface area contributed by atoms with Gasteiger partial charge in [-0.3, -0.25) is 4.79 Å². The Balaban J connectivity index is 1.58. The number of aromatic nitrogens is 3. The number of amides is 1. The van der Waals surface area contributed by atoms with E-state index in [2.05, 4.69) is 11.8 Å². The summed E-state index contributed by atoms with van der Waals surface area (Å²) in [6, 6.07) is 3.85. The van der Waals surface area contributed by atoms with Crippen molar-refractivity contribution in [1.29, 1.82) is 0 Å². The molecule has 1 unspecified atom stereocenters. The Morgan fingerprint density at radius 3 is 2.59 bits per heavy atom. The zero-order chi connectivity index (χ0) is 18.8. The molecule has 144 valence electrons. The molecule has 0 aromatic carbocycles. The Morgan fingerprint density at radius 2 is 1.89 bits per heavy atom. The van der Waals surface area contributed by atoms with Gasteiger partial charge in [-0.15, -0.1) is 0 Å². The van der Waals surface area contributed by atoms with Gasteiger partial charge in [-0.1, -0.05) is 13.3 Å². The first-order valence-electron chi connectivity index (χ1n) is 10.2. The van der Waals surface area contributed by atoms with Crippen LogP contribution >= 0.6 is 0 Å². The molecule has 1 amide bonds. The summed E-state index contributed by atoms with van der Waals surface area (Å²) in [5.74, 6) is 2.12. The normalized spacial score (nSPS) is 17.9. The lowest BCUT2D eigenvalue weighted by molar-refractivity contribution is -0.136. The number of carbonyl (C=O) groups excluding carboxylic acids is 1. The number of hydrogen-bond acceptors (Lipinski definition) is 4. The molecule has 2 aromatic rings. The summed E-state index contributed by atoms with van der Waals surface area (Å²) in [5, 5.41) is 0. The summed E-state index contributed by atoms with van der Waals surface area (Å²) >= 11 is 0. The van der Waals surface area contributed by atoms with E-state index in [0.29, 0.717) is 6.54 Å². The molecule has 4 heterocycles. The molecule has 27 heavy (non-hydrogen) atoms. The Labute approximate surface area is 161 Å². The van der Waals surface area contributed by atoms with Crippen LogP contribution in [0.15, 0.2) is 24.5 Å². The van der Waals surface area contributed by atoms with Crippen LogP contribution in [0.25, 0.3) is 0 Å². The van der Waals surface area contributed by atoms with E-state index in [1.54, 1.807) is 0 Å². The van der Waals surface area contributed by atoms with Crippen molar-refractivity contribution in [3.8, 4) is 0 Å². The zero-order valence-electron chi connectivity index (χ0n) is 16.4. The zero-order valence-corrected chi connectivity index (χ0v) is 16.4. The largest absolute Gasteiger partial charge is 0.356 e. The van der Waals surface area contributed by atoms with Gasteiger partial charge in [0.1, 0.15) is 17.7 Å². The molecule has 0 spiro atoms. The second-order valence-electron chi connectivity index (χ2n) is 7.66. The maximum absolute atomic E-state index is 13.3. The molecule has 6 heteroatoms. The summed E-state index contributed by atoms with van der Waals surface area (Å²) < 4.78 is 2.04. The molecule has 0 aliphatic carbocycles. The first-order valence-corrected chi connectivity index (χ1v) is 10.2. The standard InChI is InChI=1S/C21H29N5O/c1-3-8-19(24-10-4-5-11-24)21(27)26-14-9-17-18(15-26)22-16(2)23-20(17)25-12-6-7-13-25/h4-5,10-11,19H,3,6-9,12-15H2,1-2H3. The second kappa shape index (κ2) is 7.71. The van der Waals surface area contributed by atoms with Crippen molar-refractivity contribution in [3.05, 3.63) is 41.6 Å². The van der Waals surface area contributed by atoms with Gasteiger partial charge in [-0.25, -0.2) is 9.97 Å². The number of anilines is 1. The number of fused-ring (bicyclic) bond motifs is 1. The molecule has 4 rings (SSSR count). The van der Waals surface area contributed by atoms with Crippen LogP contribution in [0.1, 0.15) is 55.7 Å². The Bertz CT molecular complexity index is 795. The van der Waals surface area contributed by atoms with E-state index < -0.39 is 0 Å². The average Bonchev–Trinajstić information content (AvgIpc) is 3.38. The molecule has 2 aliphatic rings. The highest BCUT2D eigenvalue weighted by molar-refractivity contribution is 5.81. The molecule has 0 saturated carbocycles. The molecule has 0 radical (unpaired) electrons. The van der Waals surface area contributed by atoms with Crippen molar-refractivity contribution in [2.24, 2.45) is 0 Å². The van der Waals surface area contributed by atoms with Crippen LogP contribution in [0.4, 0.5) is 5.82 Å². The van der Waals surface area contributed by atoms with Crippen molar-refractivity contribution >= 4 is 11.7 Å². The van der Waals surface area contributed by atoms with Crippen molar-refractivity contribution in [2.75, 3.05) is 24.5 Å². The second-order valence-corrected chi connectivity index (χ2v) is 7.66. The molecule has 1 fully saturated rings. The summed E-state index contributed by atoms with van der Waals surface area (Å²) in [7, 11) is 0. The quantitative estimate of drug-likeness (QED) is 0.815. The van der Waals surface area contributed by atoms with Gasteiger partial charge in [0.15, 0.2) is 0 Å². The minimum Gasteiger partial charge on any atom is -0.356 e. The highest BCUT2D eigenvalue weighted by atomic mass is 16.2. The molecular weight excluding hydrogens is 338 g/mol. The van der Waals surface area contributed by atoms with Crippen LogP contribution in [0.2, 0.25) is 0 Å². The molecule has 1 atom stereocenters. The van der Waals surface area contributed by atoms with Crippen LogP contribution in [0.3, 0.4) is 0 Å². The maximum Gasteiger partial charge on any atom is 0.245 e. The predicted octanol–water partition coefficient (Wildman–Crippen LogP) is 3.11. The van der Waals surface area contributed by atoms with Gasteiger partial charge in [0.25, 0.3) is 0 Å². The minimum absolute atomic E-state index is 0.118. The fourth-order valence-electron chi connectivity index (χ4n) is 4.35. The van der Waals surface area contributed by atoms with Crippen molar-refractivity contribution in [2.45, 2.75) is 58.5 Å². The Hall–Kier alpha value is -2.37. The van der Waals surface area contributed by atoms with Crippen LogP contribution in [-0.2, 0) is 17.8 Å². The third kappa shape index (κ3) is 3.57. The third-order valence-corrected chi connectivity index (χ3v) is 5.71. The van der Waals surface area contributed by atoms with Gasteiger partial charge in [-0.2, -0.15) is 0 Å². The van der Waals surface area contributed by atoms with E-state index in [4.69, 9.17) is 9.97 Å². The summed E-state index contributed by atoms with van der Waals surface area (Å²) in [5.41, 5.74) is 2.28. The Kier molecular flexibility index (Phi) is 5.14. The SMILES string of the molecule is CCCC(C(=O)N1CCc2c(nc(C)nc2N2CCCC2)C1)n1cccc1. The minimum atomic E-state index is -0.118. The number of nitrogens with zero attached hydrogens (tertiary/aromatic N) is 5. The fraction of sp³-hybridized carbons (Fsp3) is 0.571. The molecule has 1 saturated heterocycles. The molecule has 2 aromatic heterocycles. The number of aryl methyl sites for hydroxylation is 1. The smallest absolute Gasteiger partial charge is 0.245 e. The van der Waals surface area contributed by atoms with E-state index in [1.165, 1.54) is 18.4 Å². The van der Waals surface area contributed by atoms with Gasteiger partial charge in [0, 0.05) is 37.6 Å². The molecule has 0 N–H and O–H groups in total. The molecule has 0 bridgehead atoms. The van der Waals surface area contributed by atoms with E-state index in [1.807, 2.05) is 40.9 Å². The van der Waals surface area contributed by atoms with Gasteiger partial charge in [0.2, 0.25) is 5.91 Å². The monoisotopic (exact) mass is 367 g/mol. The molecule has 2 aliphatic heterocycles. The van der Waals surface area contributed by atoms with E-state index in [-0.39, 0.29) is 11.9 Å². The lowest BCUT2D eigenvalue weighted by Gasteiger charge is -2.33. The maximum atomic E-state index is 13.3. The first kappa shape index (κ1) is 18.0. The Morgan fingerprint density at radius 1 is 1.15 bits per heavy atom. The topological polar surface area (TPSA) is 54.3 Å². The summed E-state index contributed by atoms with van der Waals surface area (Å²) in [4.78, 5) is 27.1. The van der Waals surface area contributed by atoms with Gasteiger partial charge < -0.3 is 14.4 Å². The number of hydrogen-bond donors (Lipinski definition) is 0. The van der Waals surface area contributed by atoms with Crippen molar-refractivity contribution in [1.82, 2.24) is 19.4 Å². The highest BCUT2D eigenvalue weighted by Crippen LogP contribution is 2.30. The summed E-state index contributed by atoms with van der Waals surface area (Å²) in [6.07, 6.45) is 9.15. The number of carbonyl (C=O) groups is 1. The van der Waals surface area contributed by atoms with Crippen molar-refractivity contribution in [3.63, 3.8) is 0 Å². The lowest BCUT2D eigenvalue weighted by atomic mass is 10.0. The molecule has 6 nitrogen and oxygen atoms in total. The average molecular weight is 367 g/mol. The van der Waals surface area contributed by atoms with Crippen LogP contribution in [0, 0.1) is 6.92 Å². The molecular formula is C21H29N5O. The van der Waals surface area contributed by atoms with E-state index in [9.17, 15) is 4.79 Å². The first-order chi connectivity index (χ1) is 13.2. The third-order valence-electron chi connectivity index (χ3n) is 5.71. The highest BCUT2D eigenvalue weighted by Gasteiger charge is 2.31. The van der Waals surface area contributed by atoms with Gasteiger partial charge in [-0.05, 0) is 44.7 Å².